The average Bonchev–Trinajstić information content (AvgIpc) is 3.01. The molecule has 0 amide bonds. The second-order valence-electron chi connectivity index (χ2n) is 5.89. The van der Waals surface area contributed by atoms with Crippen molar-refractivity contribution in [2.75, 3.05) is 26.2 Å². The zero-order valence-corrected chi connectivity index (χ0v) is 13.4. The largest absolute Gasteiger partial charge is 0.338 e. The van der Waals surface area contributed by atoms with Crippen LogP contribution in [0, 0.1) is 6.92 Å². The van der Waals surface area contributed by atoms with E-state index in [4.69, 9.17) is 4.52 Å². The van der Waals surface area contributed by atoms with E-state index < -0.39 is 0 Å². The maximum atomic E-state index is 5.30. The minimum Gasteiger partial charge on any atom is -0.338 e. The van der Waals surface area contributed by atoms with Crippen molar-refractivity contribution in [3.8, 4) is 0 Å². The van der Waals surface area contributed by atoms with Crippen LogP contribution in [-0.4, -0.2) is 51.1 Å². The van der Waals surface area contributed by atoms with E-state index in [2.05, 4.69) is 44.8 Å². The highest BCUT2D eigenvalue weighted by Gasteiger charge is 2.27. The predicted molar refractivity (Wildman–Crippen MR) is 83.2 cm³/mol. The Bertz CT molecular complexity index is 592. The minimum absolute atomic E-state index is 0.178. The highest BCUT2D eigenvalue weighted by atomic mass is 16.5. The van der Waals surface area contributed by atoms with Crippen molar-refractivity contribution < 1.29 is 4.52 Å². The van der Waals surface area contributed by atoms with E-state index >= 15 is 0 Å². The van der Waals surface area contributed by atoms with Gasteiger partial charge in [0.2, 0.25) is 5.89 Å². The van der Waals surface area contributed by atoms with Crippen molar-refractivity contribution in [3.63, 3.8) is 0 Å². The van der Waals surface area contributed by atoms with E-state index in [1.807, 2.05) is 25.4 Å². The molecular formula is C16H23N5O. The second-order valence-corrected chi connectivity index (χ2v) is 5.89. The van der Waals surface area contributed by atoms with Crippen LogP contribution in [0.4, 0.5) is 0 Å². The molecule has 118 valence electrons. The van der Waals surface area contributed by atoms with E-state index in [-0.39, 0.29) is 6.04 Å². The molecule has 0 aliphatic carbocycles. The van der Waals surface area contributed by atoms with Crippen LogP contribution in [-0.2, 0) is 0 Å². The molecule has 2 aromatic rings. The van der Waals surface area contributed by atoms with Gasteiger partial charge in [0.05, 0.1) is 6.04 Å². The molecule has 1 saturated heterocycles. The fourth-order valence-corrected chi connectivity index (χ4v) is 2.98. The Morgan fingerprint density at radius 1 is 1.09 bits per heavy atom. The number of hydrogen-bond acceptors (Lipinski definition) is 6. The molecule has 0 N–H and O–H groups in total. The summed E-state index contributed by atoms with van der Waals surface area (Å²) in [5, 5.41) is 3.89. The predicted octanol–water partition coefficient (Wildman–Crippen LogP) is 2.21. The van der Waals surface area contributed by atoms with Gasteiger partial charge in [0.1, 0.15) is 0 Å². The number of aromatic nitrogens is 3. The summed E-state index contributed by atoms with van der Waals surface area (Å²) in [5.41, 5.74) is 1.27. The van der Waals surface area contributed by atoms with E-state index in [1.54, 1.807) is 0 Å². The molecule has 2 aromatic heterocycles. The number of piperazine rings is 1. The first kappa shape index (κ1) is 15.1. The summed E-state index contributed by atoms with van der Waals surface area (Å²) in [5.74, 6) is 1.41. The molecule has 6 heteroatoms. The number of aryl methyl sites for hydroxylation is 1. The van der Waals surface area contributed by atoms with Crippen molar-refractivity contribution in [2.24, 2.45) is 0 Å². The Labute approximate surface area is 131 Å². The SMILES string of the molecule is Cc1noc([C@@H](C)N2CCN([C@H](C)c3cccnc3)CC2)n1. The van der Waals surface area contributed by atoms with Crippen molar-refractivity contribution in [2.45, 2.75) is 32.9 Å². The smallest absolute Gasteiger partial charge is 0.243 e. The van der Waals surface area contributed by atoms with Gasteiger partial charge in [0, 0.05) is 44.6 Å². The summed E-state index contributed by atoms with van der Waals surface area (Å²) < 4.78 is 5.30. The lowest BCUT2D eigenvalue weighted by Gasteiger charge is -2.39. The van der Waals surface area contributed by atoms with Crippen LogP contribution < -0.4 is 0 Å². The van der Waals surface area contributed by atoms with Gasteiger partial charge in [-0.25, -0.2) is 0 Å². The average molecular weight is 301 g/mol. The molecule has 6 nitrogen and oxygen atoms in total. The van der Waals surface area contributed by atoms with Crippen LogP contribution in [0.2, 0.25) is 0 Å². The molecule has 2 atom stereocenters. The molecule has 22 heavy (non-hydrogen) atoms. The van der Waals surface area contributed by atoms with E-state index in [1.165, 1.54) is 5.56 Å². The van der Waals surface area contributed by atoms with Gasteiger partial charge >= 0.3 is 0 Å². The Kier molecular flexibility index (Phi) is 4.49. The van der Waals surface area contributed by atoms with Gasteiger partial charge in [-0.3, -0.25) is 14.8 Å². The van der Waals surface area contributed by atoms with Gasteiger partial charge in [0.15, 0.2) is 5.82 Å². The molecule has 0 saturated carbocycles. The standard InChI is InChI=1S/C16H23N5O/c1-12(15-5-4-6-17-11-15)20-7-9-21(10-8-20)13(2)16-18-14(3)19-22-16/h4-6,11-13H,7-10H2,1-3H3/t12-,13-/m1/s1. The lowest BCUT2D eigenvalue weighted by atomic mass is 10.1. The first-order valence-corrected chi connectivity index (χ1v) is 7.83. The summed E-state index contributed by atoms with van der Waals surface area (Å²) in [7, 11) is 0. The topological polar surface area (TPSA) is 58.3 Å². The minimum atomic E-state index is 0.178. The summed E-state index contributed by atoms with van der Waals surface area (Å²) in [6.07, 6.45) is 3.78. The fourth-order valence-electron chi connectivity index (χ4n) is 2.98. The van der Waals surface area contributed by atoms with Gasteiger partial charge in [-0.15, -0.1) is 0 Å². The van der Waals surface area contributed by atoms with Crippen molar-refractivity contribution in [1.29, 1.82) is 0 Å². The third kappa shape index (κ3) is 3.18. The Morgan fingerprint density at radius 2 is 1.77 bits per heavy atom. The molecule has 1 aliphatic heterocycles. The third-order valence-electron chi connectivity index (χ3n) is 4.51. The highest BCUT2D eigenvalue weighted by Crippen LogP contribution is 2.24. The van der Waals surface area contributed by atoms with Gasteiger partial charge in [-0.1, -0.05) is 11.2 Å². The highest BCUT2D eigenvalue weighted by molar-refractivity contribution is 5.13. The molecule has 0 bridgehead atoms. The molecule has 0 radical (unpaired) electrons. The lowest BCUT2D eigenvalue weighted by molar-refractivity contribution is 0.0677. The summed E-state index contributed by atoms with van der Waals surface area (Å²) in [4.78, 5) is 13.5. The number of nitrogens with zero attached hydrogens (tertiary/aromatic N) is 5. The summed E-state index contributed by atoms with van der Waals surface area (Å²) in [6, 6.07) is 4.73. The fraction of sp³-hybridized carbons (Fsp3) is 0.562. The van der Waals surface area contributed by atoms with Gasteiger partial charge < -0.3 is 4.52 Å². The molecule has 1 aliphatic rings. The first-order chi connectivity index (χ1) is 10.6. The van der Waals surface area contributed by atoms with Crippen molar-refractivity contribution >= 4 is 0 Å². The zero-order valence-electron chi connectivity index (χ0n) is 13.4. The number of hydrogen-bond donors (Lipinski definition) is 0. The van der Waals surface area contributed by atoms with E-state index in [0.717, 1.165) is 26.2 Å². The molecule has 0 aromatic carbocycles. The lowest BCUT2D eigenvalue weighted by Crippen LogP contribution is -2.47. The maximum Gasteiger partial charge on any atom is 0.243 e. The van der Waals surface area contributed by atoms with Gasteiger partial charge in [-0.05, 0) is 32.4 Å². The molecule has 1 fully saturated rings. The van der Waals surface area contributed by atoms with Crippen LogP contribution in [0.15, 0.2) is 29.0 Å². The molecule has 3 rings (SSSR count). The first-order valence-electron chi connectivity index (χ1n) is 7.83. The summed E-state index contributed by atoms with van der Waals surface area (Å²) >= 11 is 0. The van der Waals surface area contributed by atoms with E-state index in [9.17, 15) is 0 Å². The van der Waals surface area contributed by atoms with Crippen LogP contribution in [0.5, 0.6) is 0 Å². The van der Waals surface area contributed by atoms with E-state index in [0.29, 0.717) is 17.8 Å². The monoisotopic (exact) mass is 301 g/mol. The Morgan fingerprint density at radius 3 is 2.32 bits per heavy atom. The quantitative estimate of drug-likeness (QED) is 0.863. The Hall–Kier alpha value is -1.79. The molecule has 3 heterocycles. The summed E-state index contributed by atoms with van der Waals surface area (Å²) in [6.45, 7) is 10.3. The maximum absolute atomic E-state index is 5.30. The molecular weight excluding hydrogens is 278 g/mol. The van der Waals surface area contributed by atoms with Gasteiger partial charge in [0.25, 0.3) is 0 Å². The normalized spacial score (nSPS) is 20.0. The Balaban J connectivity index is 1.58. The second kappa shape index (κ2) is 6.54. The van der Waals surface area contributed by atoms with Crippen LogP contribution in [0.3, 0.4) is 0 Å². The third-order valence-corrected chi connectivity index (χ3v) is 4.51. The number of rotatable bonds is 4. The zero-order chi connectivity index (χ0) is 15.5. The molecule has 0 unspecified atom stereocenters. The number of pyridine rings is 1. The van der Waals surface area contributed by atoms with Crippen LogP contribution in [0.25, 0.3) is 0 Å². The van der Waals surface area contributed by atoms with Crippen molar-refractivity contribution in [3.05, 3.63) is 41.8 Å². The van der Waals surface area contributed by atoms with Crippen LogP contribution in [0.1, 0.15) is 43.2 Å². The van der Waals surface area contributed by atoms with Gasteiger partial charge in [-0.2, -0.15) is 4.98 Å². The molecule has 0 spiro atoms. The van der Waals surface area contributed by atoms with Crippen LogP contribution >= 0.6 is 0 Å². The van der Waals surface area contributed by atoms with Crippen molar-refractivity contribution in [1.82, 2.24) is 24.9 Å².